The van der Waals surface area contributed by atoms with Gasteiger partial charge in [0, 0.05) is 17.8 Å². The fraction of sp³-hybridized carbons (Fsp3) is 0.0833. The normalized spacial score (nSPS) is 11.3. The molecule has 0 aliphatic carbocycles. The number of hydrogen-bond donors (Lipinski definition) is 2. The zero-order valence-corrected chi connectivity index (χ0v) is 10.5. The summed E-state index contributed by atoms with van der Waals surface area (Å²) in [6.45, 7) is 0. The molecule has 7 heteroatoms. The minimum absolute atomic E-state index is 0.306. The number of nitrogens with one attached hydrogen (secondary N) is 1. The largest absolute Gasteiger partial charge is 0.477 e. The average molecular weight is 278 g/mol. The fourth-order valence-corrected chi connectivity index (χ4v) is 2.26. The van der Waals surface area contributed by atoms with E-state index < -0.39 is 11.5 Å². The Kier molecular flexibility index (Phi) is 2.36. The first-order chi connectivity index (χ1) is 8.99. The Morgan fingerprint density at radius 3 is 2.84 bits per heavy atom. The quantitative estimate of drug-likeness (QED) is 0.709. The number of aromatic carboxylic acids is 1. The van der Waals surface area contributed by atoms with Crippen molar-refractivity contribution in [2.75, 3.05) is 0 Å². The smallest absolute Gasteiger partial charge is 0.341 e. The molecule has 3 aromatic rings. The van der Waals surface area contributed by atoms with Gasteiger partial charge in [0.2, 0.25) is 0 Å². The lowest BCUT2D eigenvalue weighted by Gasteiger charge is -2.02. The standard InChI is InChI=1S/C12H8ClN3O3/c1-16-9(13)3-6-5-2-7(12(18)19)11(17)15-8(5)4-14-10(6)16/h2-4H,1H3,(H,15,17)(H,18,19). The Hall–Kier alpha value is -2.34. The van der Waals surface area contributed by atoms with Crippen molar-refractivity contribution in [3.8, 4) is 0 Å². The predicted octanol–water partition coefficient (Wildman–Crippen LogP) is 1.77. The Bertz CT molecular complexity index is 894. The molecule has 0 aliphatic rings. The average Bonchev–Trinajstić information content (AvgIpc) is 2.64. The van der Waals surface area contributed by atoms with Crippen LogP contribution in [0.1, 0.15) is 10.4 Å². The summed E-state index contributed by atoms with van der Waals surface area (Å²) in [5.41, 5.74) is 0.147. The zero-order chi connectivity index (χ0) is 13.7. The Morgan fingerprint density at radius 2 is 2.16 bits per heavy atom. The van der Waals surface area contributed by atoms with Gasteiger partial charge in [-0.1, -0.05) is 11.6 Å². The molecule has 0 spiro atoms. The van der Waals surface area contributed by atoms with Crippen molar-refractivity contribution in [1.82, 2.24) is 14.5 Å². The van der Waals surface area contributed by atoms with E-state index in [0.29, 0.717) is 27.1 Å². The van der Waals surface area contributed by atoms with Crippen LogP contribution in [0.2, 0.25) is 5.15 Å². The lowest BCUT2D eigenvalue weighted by Crippen LogP contribution is -2.17. The van der Waals surface area contributed by atoms with E-state index in [-0.39, 0.29) is 5.56 Å². The van der Waals surface area contributed by atoms with Crippen LogP contribution in [0.15, 0.2) is 23.1 Å². The summed E-state index contributed by atoms with van der Waals surface area (Å²) in [6, 6.07) is 3.03. The van der Waals surface area contributed by atoms with Gasteiger partial charge in [0.05, 0.1) is 11.7 Å². The molecule has 0 amide bonds. The van der Waals surface area contributed by atoms with Crippen LogP contribution in [0.5, 0.6) is 0 Å². The van der Waals surface area contributed by atoms with Crippen molar-refractivity contribution in [2.45, 2.75) is 0 Å². The first-order valence-corrected chi connectivity index (χ1v) is 5.77. The highest BCUT2D eigenvalue weighted by Crippen LogP contribution is 2.27. The van der Waals surface area contributed by atoms with E-state index in [9.17, 15) is 9.59 Å². The van der Waals surface area contributed by atoms with Crippen molar-refractivity contribution in [3.05, 3.63) is 39.4 Å². The zero-order valence-electron chi connectivity index (χ0n) is 9.77. The minimum atomic E-state index is -1.27. The van der Waals surface area contributed by atoms with E-state index >= 15 is 0 Å². The van der Waals surface area contributed by atoms with Gasteiger partial charge in [-0.05, 0) is 12.1 Å². The van der Waals surface area contributed by atoms with Gasteiger partial charge < -0.3 is 14.7 Å². The van der Waals surface area contributed by atoms with Crippen molar-refractivity contribution < 1.29 is 9.90 Å². The van der Waals surface area contributed by atoms with Crippen LogP contribution in [-0.4, -0.2) is 25.6 Å². The van der Waals surface area contributed by atoms with E-state index in [1.807, 2.05) is 0 Å². The number of carboxylic acids is 1. The third-order valence-corrected chi connectivity index (χ3v) is 3.41. The van der Waals surface area contributed by atoms with Crippen LogP contribution in [0.4, 0.5) is 0 Å². The maximum atomic E-state index is 11.6. The minimum Gasteiger partial charge on any atom is -0.477 e. The summed E-state index contributed by atoms with van der Waals surface area (Å²) < 4.78 is 1.68. The molecule has 0 saturated heterocycles. The molecule has 0 fully saturated rings. The maximum absolute atomic E-state index is 11.6. The van der Waals surface area contributed by atoms with E-state index in [1.54, 1.807) is 17.7 Å². The van der Waals surface area contributed by atoms with Gasteiger partial charge in [-0.2, -0.15) is 0 Å². The molecule has 0 aliphatic heterocycles. The predicted molar refractivity (Wildman–Crippen MR) is 70.8 cm³/mol. The second-order valence-corrected chi connectivity index (χ2v) is 4.55. The number of nitrogens with zero attached hydrogens (tertiary/aromatic N) is 2. The topological polar surface area (TPSA) is 88.0 Å². The lowest BCUT2D eigenvalue weighted by atomic mass is 10.1. The van der Waals surface area contributed by atoms with E-state index in [4.69, 9.17) is 16.7 Å². The molecule has 96 valence electrons. The monoisotopic (exact) mass is 277 g/mol. The van der Waals surface area contributed by atoms with Crippen molar-refractivity contribution in [3.63, 3.8) is 0 Å². The Labute approximate surface area is 111 Å². The summed E-state index contributed by atoms with van der Waals surface area (Å²) >= 11 is 6.02. The maximum Gasteiger partial charge on any atom is 0.341 e. The molecule has 2 N–H and O–H groups in total. The number of H-pyrrole nitrogens is 1. The highest BCUT2D eigenvalue weighted by atomic mass is 35.5. The number of hydrogen-bond acceptors (Lipinski definition) is 3. The molecule has 0 unspecified atom stereocenters. The van der Waals surface area contributed by atoms with Crippen LogP contribution in [0.3, 0.4) is 0 Å². The summed E-state index contributed by atoms with van der Waals surface area (Å²) in [5.74, 6) is -1.27. The van der Waals surface area contributed by atoms with Gasteiger partial charge >= 0.3 is 5.97 Å². The molecule has 3 aromatic heterocycles. The second kappa shape index (κ2) is 3.83. The molecule has 0 aromatic carbocycles. The van der Waals surface area contributed by atoms with Crippen LogP contribution in [0, 0.1) is 0 Å². The summed E-state index contributed by atoms with van der Waals surface area (Å²) in [7, 11) is 1.76. The third-order valence-electron chi connectivity index (χ3n) is 3.05. The van der Waals surface area contributed by atoms with Gasteiger partial charge in [0.15, 0.2) is 0 Å². The van der Waals surface area contributed by atoms with E-state index in [2.05, 4.69) is 9.97 Å². The van der Waals surface area contributed by atoms with Gasteiger partial charge in [-0.15, -0.1) is 0 Å². The molecular weight excluding hydrogens is 270 g/mol. The number of pyridine rings is 2. The van der Waals surface area contributed by atoms with Crippen LogP contribution in [0.25, 0.3) is 21.9 Å². The molecular formula is C12H8ClN3O3. The highest BCUT2D eigenvalue weighted by molar-refractivity contribution is 6.31. The lowest BCUT2D eigenvalue weighted by molar-refractivity contribution is 0.0695. The molecule has 0 saturated carbocycles. The number of carboxylic acid groups (broad SMARTS) is 1. The van der Waals surface area contributed by atoms with Crippen LogP contribution < -0.4 is 5.56 Å². The summed E-state index contributed by atoms with van der Waals surface area (Å²) in [5, 5.41) is 10.8. The van der Waals surface area contributed by atoms with E-state index in [1.165, 1.54) is 12.3 Å². The first-order valence-electron chi connectivity index (χ1n) is 5.39. The van der Waals surface area contributed by atoms with Crippen molar-refractivity contribution in [2.24, 2.45) is 7.05 Å². The fourth-order valence-electron chi connectivity index (χ4n) is 2.07. The van der Waals surface area contributed by atoms with Gasteiger partial charge in [-0.3, -0.25) is 4.79 Å². The van der Waals surface area contributed by atoms with E-state index in [0.717, 1.165) is 0 Å². The molecule has 3 heterocycles. The number of aryl methyl sites for hydroxylation is 1. The Balaban J connectivity index is 2.53. The molecule has 6 nitrogen and oxygen atoms in total. The molecule has 0 bridgehead atoms. The number of rotatable bonds is 1. The second-order valence-electron chi connectivity index (χ2n) is 4.17. The number of aromatic amines is 1. The first kappa shape index (κ1) is 11.7. The highest BCUT2D eigenvalue weighted by Gasteiger charge is 2.14. The summed E-state index contributed by atoms with van der Waals surface area (Å²) in [6.07, 6.45) is 1.49. The van der Waals surface area contributed by atoms with Crippen molar-refractivity contribution in [1.29, 1.82) is 0 Å². The van der Waals surface area contributed by atoms with Crippen LogP contribution >= 0.6 is 11.6 Å². The molecule has 19 heavy (non-hydrogen) atoms. The number of aromatic nitrogens is 3. The van der Waals surface area contributed by atoms with Crippen LogP contribution in [-0.2, 0) is 7.05 Å². The van der Waals surface area contributed by atoms with Gasteiger partial charge in [-0.25, -0.2) is 9.78 Å². The number of carbonyl (C=O) groups is 1. The Morgan fingerprint density at radius 1 is 1.42 bits per heavy atom. The molecule has 3 rings (SSSR count). The third kappa shape index (κ3) is 1.61. The summed E-state index contributed by atoms with van der Waals surface area (Å²) in [4.78, 5) is 29.3. The molecule has 0 radical (unpaired) electrons. The van der Waals surface area contributed by atoms with Gasteiger partial charge in [0.25, 0.3) is 5.56 Å². The SMILES string of the molecule is Cn1c(Cl)cc2c3cc(C(=O)O)c(=O)[nH]c3cnc21. The number of fused-ring (bicyclic) bond motifs is 3. The molecule has 0 atom stereocenters. The number of halogens is 1. The van der Waals surface area contributed by atoms with Crippen molar-refractivity contribution >= 4 is 39.5 Å². The van der Waals surface area contributed by atoms with Gasteiger partial charge in [0.1, 0.15) is 16.4 Å².